The van der Waals surface area contributed by atoms with E-state index in [0.29, 0.717) is 6.42 Å². The summed E-state index contributed by atoms with van der Waals surface area (Å²) in [5, 5.41) is 2.80. The van der Waals surface area contributed by atoms with E-state index in [9.17, 15) is 9.59 Å². The van der Waals surface area contributed by atoms with E-state index in [1.54, 1.807) is 20.2 Å². The molecule has 0 saturated heterocycles. The number of hydrogen-bond donors (Lipinski definition) is 1. The van der Waals surface area contributed by atoms with Crippen molar-refractivity contribution in [2.45, 2.75) is 38.8 Å². The molecule has 5 nitrogen and oxygen atoms in total. The molecule has 1 N–H and O–H groups in total. The van der Waals surface area contributed by atoms with Crippen LogP contribution in [0.5, 0.6) is 0 Å². The van der Waals surface area contributed by atoms with E-state index in [1.165, 1.54) is 11.0 Å². The van der Waals surface area contributed by atoms with Gasteiger partial charge in [0, 0.05) is 20.2 Å². The second-order valence-corrected chi connectivity index (χ2v) is 6.53. The topological polar surface area (TPSA) is 58.6 Å². The molecule has 0 fully saturated rings. The van der Waals surface area contributed by atoms with E-state index in [1.807, 2.05) is 51.1 Å². The maximum absolute atomic E-state index is 12.0. The normalized spacial score (nSPS) is 12.7. The predicted molar refractivity (Wildman–Crippen MR) is 91.1 cm³/mol. The number of alkyl carbamates (subject to hydrolysis) is 1. The summed E-state index contributed by atoms with van der Waals surface area (Å²) in [6.07, 6.45) is 3.24. The fourth-order valence-corrected chi connectivity index (χ4v) is 1.84. The van der Waals surface area contributed by atoms with E-state index in [2.05, 4.69) is 5.32 Å². The summed E-state index contributed by atoms with van der Waals surface area (Å²) in [4.78, 5) is 25.2. The summed E-state index contributed by atoms with van der Waals surface area (Å²) in [7, 11) is 3.36. The monoisotopic (exact) mass is 318 g/mol. The molecule has 1 aromatic carbocycles. The highest BCUT2D eigenvalue weighted by molar-refractivity contribution is 5.87. The minimum absolute atomic E-state index is 0.131. The molecule has 0 spiro atoms. The molecule has 5 heteroatoms. The molecule has 0 bridgehead atoms. The molecule has 1 unspecified atom stereocenters. The number of hydrogen-bond acceptors (Lipinski definition) is 3. The fraction of sp³-hybridized carbons (Fsp3) is 0.444. The van der Waals surface area contributed by atoms with Gasteiger partial charge in [0.25, 0.3) is 0 Å². The van der Waals surface area contributed by atoms with Crippen molar-refractivity contribution in [1.29, 1.82) is 0 Å². The van der Waals surface area contributed by atoms with Gasteiger partial charge in [0.05, 0.1) is 6.04 Å². The zero-order valence-electron chi connectivity index (χ0n) is 14.5. The van der Waals surface area contributed by atoms with E-state index < -0.39 is 11.7 Å². The predicted octanol–water partition coefficient (Wildman–Crippen LogP) is 2.77. The second-order valence-electron chi connectivity index (χ2n) is 6.53. The number of nitrogens with zero attached hydrogens (tertiary/aromatic N) is 1. The van der Waals surface area contributed by atoms with Crippen LogP contribution in [0, 0.1) is 0 Å². The quantitative estimate of drug-likeness (QED) is 0.849. The highest BCUT2D eigenvalue weighted by Crippen LogP contribution is 2.09. The van der Waals surface area contributed by atoms with Gasteiger partial charge < -0.3 is 15.0 Å². The highest BCUT2D eigenvalue weighted by atomic mass is 16.6. The number of carbonyl (C=O) groups excluding carboxylic acids is 2. The average molecular weight is 318 g/mol. The van der Waals surface area contributed by atoms with Crippen molar-refractivity contribution in [2.75, 3.05) is 14.1 Å². The number of ether oxygens (including phenoxy) is 1. The molecule has 0 aromatic heterocycles. The summed E-state index contributed by atoms with van der Waals surface area (Å²) < 4.78 is 5.28. The number of likely N-dealkylation sites (N-methyl/N-ethyl adjacent to an activating group) is 1. The molecule has 0 radical (unpaired) electrons. The number of benzene rings is 1. The van der Waals surface area contributed by atoms with E-state index in [4.69, 9.17) is 4.74 Å². The lowest BCUT2D eigenvalue weighted by molar-refractivity contribution is -0.123. The lowest BCUT2D eigenvalue weighted by Gasteiger charge is -2.22. The van der Waals surface area contributed by atoms with Crippen LogP contribution < -0.4 is 5.32 Å². The van der Waals surface area contributed by atoms with Gasteiger partial charge >= 0.3 is 6.09 Å². The summed E-state index contributed by atoms with van der Waals surface area (Å²) in [6, 6.07) is 9.45. The van der Waals surface area contributed by atoms with Crippen molar-refractivity contribution in [3.05, 3.63) is 48.0 Å². The van der Waals surface area contributed by atoms with Gasteiger partial charge in [-0.15, -0.1) is 0 Å². The SMILES string of the molecule is CN(C)C(=O)/C=C/C(Cc1ccccc1)NC(=O)OC(C)(C)C. The number of carbonyl (C=O) groups is 2. The molecule has 0 heterocycles. The van der Waals surface area contributed by atoms with Crippen molar-refractivity contribution >= 4 is 12.0 Å². The molecule has 0 aliphatic rings. The van der Waals surface area contributed by atoms with Crippen molar-refractivity contribution in [2.24, 2.45) is 0 Å². The molecule has 1 atom stereocenters. The molecular formula is C18H26N2O3. The molecule has 0 aliphatic heterocycles. The Balaban J connectivity index is 2.79. The fourth-order valence-electron chi connectivity index (χ4n) is 1.84. The maximum Gasteiger partial charge on any atom is 0.408 e. The van der Waals surface area contributed by atoms with Crippen LogP contribution in [0.25, 0.3) is 0 Å². The van der Waals surface area contributed by atoms with Gasteiger partial charge in [0.1, 0.15) is 5.60 Å². The first-order chi connectivity index (χ1) is 10.7. The van der Waals surface area contributed by atoms with Crippen LogP contribution in [0.3, 0.4) is 0 Å². The van der Waals surface area contributed by atoms with E-state index >= 15 is 0 Å². The van der Waals surface area contributed by atoms with Gasteiger partial charge in [-0.3, -0.25) is 4.79 Å². The van der Waals surface area contributed by atoms with Gasteiger partial charge in [-0.25, -0.2) is 4.79 Å². The van der Waals surface area contributed by atoms with Gasteiger partial charge in [0.15, 0.2) is 0 Å². The van der Waals surface area contributed by atoms with Gasteiger partial charge in [-0.2, -0.15) is 0 Å². The standard InChI is InChI=1S/C18H26N2O3/c1-18(2,3)23-17(22)19-15(11-12-16(21)20(4)5)13-14-9-7-6-8-10-14/h6-12,15H,13H2,1-5H3,(H,19,22)/b12-11+. The molecular weight excluding hydrogens is 292 g/mol. The first-order valence-corrected chi connectivity index (χ1v) is 7.60. The number of amides is 2. The Morgan fingerprint density at radius 2 is 1.83 bits per heavy atom. The minimum Gasteiger partial charge on any atom is -0.444 e. The number of nitrogens with one attached hydrogen (secondary N) is 1. The van der Waals surface area contributed by atoms with Crippen LogP contribution in [0.4, 0.5) is 4.79 Å². The maximum atomic E-state index is 12.0. The van der Waals surface area contributed by atoms with Crippen molar-refractivity contribution in [3.63, 3.8) is 0 Å². The molecule has 23 heavy (non-hydrogen) atoms. The third-order valence-corrected chi connectivity index (χ3v) is 2.91. The summed E-state index contributed by atoms with van der Waals surface area (Å²) in [6.45, 7) is 5.43. The van der Waals surface area contributed by atoms with Gasteiger partial charge in [-0.1, -0.05) is 36.4 Å². The summed E-state index contributed by atoms with van der Waals surface area (Å²) in [5.74, 6) is -0.131. The molecule has 2 amide bonds. The summed E-state index contributed by atoms with van der Waals surface area (Å²) in [5.41, 5.74) is 0.500. The van der Waals surface area contributed by atoms with Gasteiger partial charge in [0.2, 0.25) is 5.91 Å². The Kier molecular flexibility index (Phi) is 6.82. The second kappa shape index (κ2) is 8.36. The molecule has 0 saturated carbocycles. The first-order valence-electron chi connectivity index (χ1n) is 7.60. The Bertz CT molecular complexity index is 545. The third kappa shape index (κ3) is 8.04. The summed E-state index contributed by atoms with van der Waals surface area (Å²) >= 11 is 0. The van der Waals surface area contributed by atoms with Crippen LogP contribution >= 0.6 is 0 Å². The van der Waals surface area contributed by atoms with Gasteiger partial charge in [-0.05, 0) is 32.8 Å². The average Bonchev–Trinajstić information content (AvgIpc) is 2.43. The Morgan fingerprint density at radius 1 is 1.22 bits per heavy atom. The Hall–Kier alpha value is -2.30. The largest absolute Gasteiger partial charge is 0.444 e. The highest BCUT2D eigenvalue weighted by Gasteiger charge is 2.18. The van der Waals surface area contributed by atoms with Crippen molar-refractivity contribution in [1.82, 2.24) is 10.2 Å². The van der Waals surface area contributed by atoms with Crippen LogP contribution in [-0.2, 0) is 16.0 Å². The lowest BCUT2D eigenvalue weighted by Crippen LogP contribution is -2.39. The third-order valence-electron chi connectivity index (χ3n) is 2.91. The molecule has 126 valence electrons. The minimum atomic E-state index is -0.565. The van der Waals surface area contributed by atoms with Crippen molar-refractivity contribution in [3.8, 4) is 0 Å². The first kappa shape index (κ1) is 18.7. The Labute approximate surface area is 138 Å². The molecule has 0 aliphatic carbocycles. The van der Waals surface area contributed by atoms with Crippen LogP contribution in [-0.4, -0.2) is 42.6 Å². The van der Waals surface area contributed by atoms with Crippen LogP contribution in [0.15, 0.2) is 42.5 Å². The molecule has 1 rings (SSSR count). The van der Waals surface area contributed by atoms with Crippen LogP contribution in [0.1, 0.15) is 26.3 Å². The number of rotatable bonds is 5. The smallest absolute Gasteiger partial charge is 0.408 e. The lowest BCUT2D eigenvalue weighted by atomic mass is 10.1. The molecule has 1 aromatic rings. The van der Waals surface area contributed by atoms with E-state index in [0.717, 1.165) is 5.56 Å². The zero-order chi connectivity index (χ0) is 17.5. The van der Waals surface area contributed by atoms with Crippen molar-refractivity contribution < 1.29 is 14.3 Å². The zero-order valence-corrected chi connectivity index (χ0v) is 14.5. The van der Waals surface area contributed by atoms with Crippen LogP contribution in [0.2, 0.25) is 0 Å². The Morgan fingerprint density at radius 3 is 2.35 bits per heavy atom. The van der Waals surface area contributed by atoms with E-state index in [-0.39, 0.29) is 11.9 Å².